The van der Waals surface area contributed by atoms with Crippen LogP contribution in [-0.4, -0.2) is 34.1 Å². The van der Waals surface area contributed by atoms with Gasteiger partial charge in [-0.1, -0.05) is 0 Å². The quantitative estimate of drug-likeness (QED) is 0.861. The highest BCUT2D eigenvalue weighted by atomic mass is 32.2. The first-order chi connectivity index (χ1) is 8.25. The molecule has 0 unspecified atom stereocenters. The Morgan fingerprint density at radius 2 is 2.24 bits per heavy atom. The molecule has 2 rings (SSSR count). The van der Waals surface area contributed by atoms with E-state index in [1.54, 1.807) is 12.1 Å². The van der Waals surface area contributed by atoms with Gasteiger partial charge in [-0.05, 0) is 42.4 Å². The Kier molecular flexibility index (Phi) is 4.25. The zero-order valence-electron chi connectivity index (χ0n) is 9.56. The average molecular weight is 252 g/mol. The number of pyridine rings is 1. The van der Waals surface area contributed by atoms with Crippen LogP contribution < -0.4 is 5.32 Å². The first kappa shape index (κ1) is 12.2. The van der Waals surface area contributed by atoms with Gasteiger partial charge in [-0.15, -0.1) is 0 Å². The molecule has 1 aromatic heterocycles. The second-order valence-corrected chi connectivity index (χ2v) is 5.40. The van der Waals surface area contributed by atoms with Crippen molar-refractivity contribution in [2.24, 2.45) is 5.92 Å². The first-order valence-corrected chi connectivity index (χ1v) is 6.92. The normalized spacial score (nSPS) is 16.7. The van der Waals surface area contributed by atoms with E-state index in [1.165, 1.54) is 30.5 Å². The van der Waals surface area contributed by atoms with Crippen molar-refractivity contribution in [3.8, 4) is 0 Å². The van der Waals surface area contributed by atoms with Gasteiger partial charge < -0.3 is 10.4 Å². The number of hydrogen-bond acceptors (Lipinski definition) is 4. The van der Waals surface area contributed by atoms with Crippen molar-refractivity contribution in [1.29, 1.82) is 0 Å². The number of carboxylic acid groups (broad SMARTS) is 1. The van der Waals surface area contributed by atoms with Crippen molar-refractivity contribution in [2.75, 3.05) is 23.4 Å². The molecule has 1 aromatic rings. The van der Waals surface area contributed by atoms with Crippen LogP contribution in [0.1, 0.15) is 23.2 Å². The summed E-state index contributed by atoms with van der Waals surface area (Å²) in [5, 5.41) is 12.0. The summed E-state index contributed by atoms with van der Waals surface area (Å²) >= 11 is 2.02. The summed E-state index contributed by atoms with van der Waals surface area (Å²) in [5.41, 5.74) is 0.226. The van der Waals surface area contributed by atoms with Crippen molar-refractivity contribution >= 4 is 23.5 Å². The summed E-state index contributed by atoms with van der Waals surface area (Å²) in [7, 11) is 0. The third-order valence-electron chi connectivity index (χ3n) is 2.92. The van der Waals surface area contributed by atoms with Crippen molar-refractivity contribution in [3.05, 3.63) is 23.9 Å². The summed E-state index contributed by atoms with van der Waals surface area (Å²) in [6.07, 6.45) is 3.90. The monoisotopic (exact) mass is 252 g/mol. The first-order valence-electron chi connectivity index (χ1n) is 5.76. The molecule has 0 amide bonds. The summed E-state index contributed by atoms with van der Waals surface area (Å²) in [5.74, 6) is 3.04. The molecule has 1 saturated heterocycles. The second kappa shape index (κ2) is 5.91. The molecule has 1 aliphatic rings. The Morgan fingerprint density at radius 3 is 2.82 bits per heavy atom. The number of nitrogens with one attached hydrogen (secondary N) is 1. The number of thioether (sulfide) groups is 1. The zero-order chi connectivity index (χ0) is 12.1. The van der Waals surface area contributed by atoms with Crippen LogP contribution in [0.15, 0.2) is 18.3 Å². The number of rotatable bonds is 4. The number of carboxylic acids is 1. The van der Waals surface area contributed by atoms with Gasteiger partial charge in [-0.25, -0.2) is 9.78 Å². The number of aromatic nitrogens is 1. The molecule has 0 spiro atoms. The minimum absolute atomic E-state index is 0.226. The molecule has 4 nitrogen and oxygen atoms in total. The Hall–Kier alpha value is -1.23. The fourth-order valence-corrected chi connectivity index (χ4v) is 3.03. The summed E-state index contributed by atoms with van der Waals surface area (Å²) < 4.78 is 0. The van der Waals surface area contributed by atoms with Crippen LogP contribution in [0.3, 0.4) is 0 Å². The van der Waals surface area contributed by atoms with E-state index >= 15 is 0 Å². The molecule has 1 fully saturated rings. The van der Waals surface area contributed by atoms with Gasteiger partial charge in [0.15, 0.2) is 0 Å². The third kappa shape index (κ3) is 3.63. The number of aromatic carboxylic acids is 1. The van der Waals surface area contributed by atoms with E-state index in [-0.39, 0.29) is 5.56 Å². The number of hydrogen-bond donors (Lipinski definition) is 2. The largest absolute Gasteiger partial charge is 0.478 e. The Bertz CT molecular complexity index is 375. The van der Waals surface area contributed by atoms with Crippen molar-refractivity contribution < 1.29 is 9.90 Å². The molecule has 0 atom stereocenters. The molecule has 1 aliphatic heterocycles. The molecule has 0 saturated carbocycles. The van der Waals surface area contributed by atoms with Crippen LogP contribution in [-0.2, 0) is 0 Å². The molecule has 92 valence electrons. The van der Waals surface area contributed by atoms with E-state index in [2.05, 4.69) is 10.3 Å². The van der Waals surface area contributed by atoms with E-state index in [0.29, 0.717) is 0 Å². The summed E-state index contributed by atoms with van der Waals surface area (Å²) in [6, 6.07) is 3.30. The van der Waals surface area contributed by atoms with Gasteiger partial charge in [0.25, 0.3) is 0 Å². The topological polar surface area (TPSA) is 62.2 Å². The van der Waals surface area contributed by atoms with Gasteiger partial charge in [-0.2, -0.15) is 11.8 Å². The van der Waals surface area contributed by atoms with Crippen LogP contribution >= 0.6 is 11.8 Å². The van der Waals surface area contributed by atoms with Gasteiger partial charge in [0.05, 0.1) is 5.56 Å². The molecule has 2 heterocycles. The maximum absolute atomic E-state index is 10.7. The van der Waals surface area contributed by atoms with Crippen LogP contribution in [0.25, 0.3) is 0 Å². The average Bonchev–Trinajstić information content (AvgIpc) is 2.38. The van der Waals surface area contributed by atoms with Gasteiger partial charge in [0, 0.05) is 12.7 Å². The summed E-state index contributed by atoms with van der Waals surface area (Å²) in [4.78, 5) is 14.7. The molecule has 5 heteroatoms. The fourth-order valence-electron chi connectivity index (χ4n) is 1.82. The molecular weight excluding hydrogens is 236 g/mol. The van der Waals surface area contributed by atoms with Crippen LogP contribution in [0.4, 0.5) is 5.82 Å². The Morgan fingerprint density at radius 1 is 1.47 bits per heavy atom. The van der Waals surface area contributed by atoms with Gasteiger partial charge in [-0.3, -0.25) is 0 Å². The minimum atomic E-state index is -0.937. The maximum Gasteiger partial charge on any atom is 0.337 e. The highest BCUT2D eigenvalue weighted by Gasteiger charge is 2.13. The molecule has 0 aliphatic carbocycles. The van der Waals surface area contributed by atoms with Gasteiger partial charge in [0.1, 0.15) is 5.82 Å². The summed E-state index contributed by atoms with van der Waals surface area (Å²) in [6.45, 7) is 0.931. The van der Waals surface area contributed by atoms with E-state index in [1.807, 2.05) is 11.8 Å². The predicted molar refractivity (Wildman–Crippen MR) is 69.7 cm³/mol. The van der Waals surface area contributed by atoms with Gasteiger partial charge in [0.2, 0.25) is 0 Å². The smallest absolute Gasteiger partial charge is 0.337 e. The number of carbonyl (C=O) groups is 1. The zero-order valence-corrected chi connectivity index (χ0v) is 10.4. The molecule has 0 bridgehead atoms. The molecular formula is C12H16N2O2S. The van der Waals surface area contributed by atoms with Crippen molar-refractivity contribution in [2.45, 2.75) is 12.8 Å². The SMILES string of the molecule is O=C(O)c1ccc(NCC2CCSCC2)nc1. The minimum Gasteiger partial charge on any atom is -0.478 e. The Balaban J connectivity index is 1.84. The lowest BCUT2D eigenvalue weighted by atomic mass is 10.0. The molecule has 0 aromatic carbocycles. The fraction of sp³-hybridized carbons (Fsp3) is 0.500. The molecule has 2 N–H and O–H groups in total. The highest BCUT2D eigenvalue weighted by molar-refractivity contribution is 7.99. The Labute approximate surface area is 105 Å². The van der Waals surface area contributed by atoms with E-state index in [0.717, 1.165) is 18.3 Å². The lowest BCUT2D eigenvalue weighted by molar-refractivity contribution is 0.0696. The lowest BCUT2D eigenvalue weighted by Crippen LogP contribution is -2.19. The standard InChI is InChI=1S/C12H16N2O2S/c15-12(16)10-1-2-11(14-8-10)13-7-9-3-5-17-6-4-9/h1-2,8-9H,3-7H2,(H,13,14)(H,15,16). The van der Waals surface area contributed by atoms with E-state index < -0.39 is 5.97 Å². The third-order valence-corrected chi connectivity index (χ3v) is 3.97. The molecule has 17 heavy (non-hydrogen) atoms. The van der Waals surface area contributed by atoms with E-state index in [4.69, 9.17) is 5.11 Å². The lowest BCUT2D eigenvalue weighted by Gasteiger charge is -2.21. The van der Waals surface area contributed by atoms with Crippen LogP contribution in [0.5, 0.6) is 0 Å². The number of nitrogens with zero attached hydrogens (tertiary/aromatic N) is 1. The van der Waals surface area contributed by atoms with Crippen molar-refractivity contribution in [3.63, 3.8) is 0 Å². The second-order valence-electron chi connectivity index (χ2n) is 4.17. The van der Waals surface area contributed by atoms with Crippen LogP contribution in [0.2, 0.25) is 0 Å². The van der Waals surface area contributed by atoms with E-state index in [9.17, 15) is 4.79 Å². The van der Waals surface area contributed by atoms with Gasteiger partial charge >= 0.3 is 5.97 Å². The molecule has 0 radical (unpaired) electrons. The van der Waals surface area contributed by atoms with Crippen molar-refractivity contribution in [1.82, 2.24) is 4.98 Å². The predicted octanol–water partition coefficient (Wildman–Crippen LogP) is 2.33. The maximum atomic E-state index is 10.7. The van der Waals surface area contributed by atoms with Crippen LogP contribution in [0, 0.1) is 5.92 Å². The number of anilines is 1. The highest BCUT2D eigenvalue weighted by Crippen LogP contribution is 2.22.